The van der Waals surface area contributed by atoms with Crippen molar-refractivity contribution in [1.29, 1.82) is 0 Å². The molecule has 0 N–H and O–H groups in total. The van der Waals surface area contributed by atoms with E-state index in [4.69, 9.17) is 23.2 Å². The number of halogens is 2. The Kier molecular flexibility index (Phi) is 2.14. The molecule has 0 amide bonds. The van der Waals surface area contributed by atoms with E-state index in [0.29, 0.717) is 10.2 Å². The fourth-order valence-corrected chi connectivity index (χ4v) is 1.53. The number of benzene rings is 1. The number of aryl methyl sites for hydroxylation is 1. The highest BCUT2D eigenvalue weighted by molar-refractivity contribution is 6.32. The third-order valence-corrected chi connectivity index (χ3v) is 2.53. The smallest absolute Gasteiger partial charge is 0.132 e. The predicted octanol–water partition coefficient (Wildman–Crippen LogP) is 3.85. The van der Waals surface area contributed by atoms with Gasteiger partial charge in [0, 0.05) is 10.4 Å². The Morgan fingerprint density at radius 3 is 2.69 bits per heavy atom. The normalized spacial score (nSPS) is 10.7. The van der Waals surface area contributed by atoms with Gasteiger partial charge in [0.15, 0.2) is 0 Å². The van der Waals surface area contributed by atoms with Crippen molar-refractivity contribution in [3.63, 3.8) is 0 Å². The Bertz CT molecular complexity index is 466. The minimum atomic E-state index is 0.537. The molecular weight excluding hydrogens is 205 g/mol. The van der Waals surface area contributed by atoms with E-state index in [0.717, 1.165) is 16.5 Å². The molecule has 3 heteroatoms. The largest absolute Gasteiger partial charge is 0.236 e. The monoisotopic (exact) mass is 211 g/mol. The highest BCUT2D eigenvalue weighted by Crippen LogP contribution is 2.22. The van der Waals surface area contributed by atoms with E-state index < -0.39 is 0 Å². The van der Waals surface area contributed by atoms with Crippen molar-refractivity contribution in [1.82, 2.24) is 4.98 Å². The maximum Gasteiger partial charge on any atom is 0.132 e. The number of aromatic nitrogens is 1. The van der Waals surface area contributed by atoms with Crippen molar-refractivity contribution in [2.45, 2.75) is 6.92 Å². The van der Waals surface area contributed by atoms with Crippen LogP contribution in [0.4, 0.5) is 0 Å². The summed E-state index contributed by atoms with van der Waals surface area (Å²) < 4.78 is 0. The lowest BCUT2D eigenvalue weighted by Gasteiger charge is -2.01. The fraction of sp³-hybridized carbons (Fsp3) is 0.100. The van der Waals surface area contributed by atoms with Gasteiger partial charge in [-0.25, -0.2) is 4.98 Å². The van der Waals surface area contributed by atoms with Gasteiger partial charge in [-0.1, -0.05) is 29.3 Å². The van der Waals surface area contributed by atoms with Crippen molar-refractivity contribution in [2.75, 3.05) is 0 Å². The van der Waals surface area contributed by atoms with Crippen LogP contribution in [0.5, 0.6) is 0 Å². The molecule has 0 aliphatic carbocycles. The van der Waals surface area contributed by atoms with E-state index >= 15 is 0 Å². The van der Waals surface area contributed by atoms with Crippen LogP contribution in [0.15, 0.2) is 24.3 Å². The van der Waals surface area contributed by atoms with Crippen molar-refractivity contribution in [2.24, 2.45) is 0 Å². The molecule has 0 aliphatic rings. The Hall–Kier alpha value is -0.790. The van der Waals surface area contributed by atoms with Gasteiger partial charge in [0.1, 0.15) is 5.15 Å². The van der Waals surface area contributed by atoms with Crippen LogP contribution in [-0.2, 0) is 0 Å². The van der Waals surface area contributed by atoms with Crippen LogP contribution < -0.4 is 0 Å². The number of hydrogen-bond donors (Lipinski definition) is 0. The lowest BCUT2D eigenvalue weighted by Crippen LogP contribution is -1.83. The maximum absolute atomic E-state index is 5.89. The molecule has 0 saturated carbocycles. The fourth-order valence-electron chi connectivity index (χ4n) is 1.22. The number of hydrogen-bond acceptors (Lipinski definition) is 1. The number of nitrogens with zero attached hydrogens (tertiary/aromatic N) is 1. The minimum absolute atomic E-state index is 0.537. The van der Waals surface area contributed by atoms with Crippen LogP contribution in [0.25, 0.3) is 10.9 Å². The summed E-state index contributed by atoms with van der Waals surface area (Å²) in [6.07, 6.45) is 0. The highest BCUT2D eigenvalue weighted by Gasteiger charge is 2.00. The van der Waals surface area contributed by atoms with Gasteiger partial charge in [-0.05, 0) is 30.7 Å². The van der Waals surface area contributed by atoms with Crippen LogP contribution in [0, 0.1) is 6.92 Å². The van der Waals surface area contributed by atoms with Gasteiger partial charge in [-0.2, -0.15) is 0 Å². The molecule has 2 aromatic rings. The first-order valence-electron chi connectivity index (χ1n) is 3.89. The SMILES string of the molecule is Cc1cc2ccc(Cl)cc2nc1Cl. The van der Waals surface area contributed by atoms with E-state index in [1.807, 2.05) is 31.2 Å². The molecule has 66 valence electrons. The van der Waals surface area contributed by atoms with Crippen LogP contribution in [0.1, 0.15) is 5.56 Å². The standard InChI is InChI=1S/C10H7Cl2N/c1-6-4-7-2-3-8(11)5-9(7)13-10(6)12/h2-5H,1H3. The maximum atomic E-state index is 5.89. The molecule has 13 heavy (non-hydrogen) atoms. The van der Waals surface area contributed by atoms with E-state index in [9.17, 15) is 0 Å². The Morgan fingerprint density at radius 2 is 1.92 bits per heavy atom. The zero-order valence-electron chi connectivity index (χ0n) is 7.01. The molecule has 0 spiro atoms. The molecule has 1 heterocycles. The molecule has 2 rings (SSSR count). The summed E-state index contributed by atoms with van der Waals surface area (Å²) >= 11 is 11.7. The topological polar surface area (TPSA) is 12.9 Å². The van der Waals surface area contributed by atoms with E-state index in [-0.39, 0.29) is 0 Å². The lowest BCUT2D eigenvalue weighted by atomic mass is 10.2. The van der Waals surface area contributed by atoms with Gasteiger partial charge in [-0.3, -0.25) is 0 Å². The summed E-state index contributed by atoms with van der Waals surface area (Å²) in [5.41, 5.74) is 1.82. The van der Waals surface area contributed by atoms with E-state index in [1.54, 1.807) is 0 Å². The van der Waals surface area contributed by atoms with Gasteiger partial charge < -0.3 is 0 Å². The average Bonchev–Trinajstić information content (AvgIpc) is 2.08. The molecule has 0 bridgehead atoms. The molecule has 1 aromatic carbocycles. The van der Waals surface area contributed by atoms with Crippen LogP contribution in [-0.4, -0.2) is 4.98 Å². The molecule has 0 unspecified atom stereocenters. The summed E-state index contributed by atoms with van der Waals surface area (Å²) in [5, 5.41) is 2.28. The summed E-state index contributed by atoms with van der Waals surface area (Å²) in [5.74, 6) is 0. The number of rotatable bonds is 0. The molecular formula is C10H7Cl2N. The van der Waals surface area contributed by atoms with Crippen LogP contribution in [0.3, 0.4) is 0 Å². The van der Waals surface area contributed by atoms with Gasteiger partial charge >= 0.3 is 0 Å². The van der Waals surface area contributed by atoms with Crippen LogP contribution in [0.2, 0.25) is 10.2 Å². The molecule has 1 aromatic heterocycles. The van der Waals surface area contributed by atoms with Crippen molar-refractivity contribution >= 4 is 34.1 Å². The average molecular weight is 212 g/mol. The van der Waals surface area contributed by atoms with Crippen molar-refractivity contribution in [3.8, 4) is 0 Å². The molecule has 1 nitrogen and oxygen atoms in total. The molecule has 0 saturated heterocycles. The summed E-state index contributed by atoms with van der Waals surface area (Å²) in [7, 11) is 0. The van der Waals surface area contributed by atoms with Gasteiger partial charge in [-0.15, -0.1) is 0 Å². The first-order valence-corrected chi connectivity index (χ1v) is 4.65. The third-order valence-electron chi connectivity index (χ3n) is 1.91. The van der Waals surface area contributed by atoms with Gasteiger partial charge in [0.25, 0.3) is 0 Å². The lowest BCUT2D eigenvalue weighted by molar-refractivity contribution is 1.33. The van der Waals surface area contributed by atoms with E-state index in [1.165, 1.54) is 0 Å². The molecule has 0 fully saturated rings. The third kappa shape index (κ3) is 1.62. The van der Waals surface area contributed by atoms with Crippen molar-refractivity contribution < 1.29 is 0 Å². The second-order valence-corrected chi connectivity index (χ2v) is 3.73. The first-order chi connectivity index (χ1) is 6.16. The first kappa shape index (κ1) is 8.79. The van der Waals surface area contributed by atoms with Crippen LogP contribution >= 0.6 is 23.2 Å². The number of pyridine rings is 1. The second-order valence-electron chi connectivity index (χ2n) is 2.93. The van der Waals surface area contributed by atoms with Crippen molar-refractivity contribution in [3.05, 3.63) is 40.0 Å². The Balaban J connectivity index is 2.81. The quantitative estimate of drug-likeness (QED) is 0.604. The molecule has 0 atom stereocenters. The van der Waals surface area contributed by atoms with Gasteiger partial charge in [0.05, 0.1) is 5.52 Å². The number of fused-ring (bicyclic) bond motifs is 1. The summed E-state index contributed by atoms with van der Waals surface area (Å²) in [6, 6.07) is 7.59. The molecule has 0 radical (unpaired) electrons. The Labute approximate surface area is 86.3 Å². The predicted molar refractivity (Wildman–Crippen MR) is 56.5 cm³/mol. The van der Waals surface area contributed by atoms with E-state index in [2.05, 4.69) is 4.98 Å². The summed E-state index contributed by atoms with van der Waals surface area (Å²) in [4.78, 5) is 4.22. The van der Waals surface area contributed by atoms with Gasteiger partial charge in [0.2, 0.25) is 0 Å². The summed E-state index contributed by atoms with van der Waals surface area (Å²) in [6.45, 7) is 1.93. The highest BCUT2D eigenvalue weighted by atomic mass is 35.5. The second kappa shape index (κ2) is 3.17. The zero-order valence-corrected chi connectivity index (χ0v) is 8.52. The minimum Gasteiger partial charge on any atom is -0.236 e. The molecule has 0 aliphatic heterocycles. The Morgan fingerprint density at radius 1 is 1.15 bits per heavy atom. The zero-order chi connectivity index (χ0) is 9.42.